The lowest BCUT2D eigenvalue weighted by atomic mass is 10.0. The second-order valence-electron chi connectivity index (χ2n) is 2.69. The standard InChI is InChI=1S/C6H11F2NO/c1-4(10)5-2-3-9-6(5,7)8/h4-5,9-10H,2-3H2,1H3. The molecule has 2 nitrogen and oxygen atoms in total. The summed E-state index contributed by atoms with van der Waals surface area (Å²) in [4.78, 5) is 0. The maximum Gasteiger partial charge on any atom is 0.307 e. The van der Waals surface area contributed by atoms with Crippen molar-refractivity contribution in [3.63, 3.8) is 0 Å². The minimum Gasteiger partial charge on any atom is -0.393 e. The van der Waals surface area contributed by atoms with Gasteiger partial charge >= 0.3 is 6.05 Å². The molecule has 0 amide bonds. The predicted molar refractivity (Wildman–Crippen MR) is 32.7 cm³/mol. The Morgan fingerprint density at radius 1 is 1.70 bits per heavy atom. The summed E-state index contributed by atoms with van der Waals surface area (Å²) in [6.07, 6.45) is -0.574. The molecule has 1 rings (SSSR count). The average molecular weight is 151 g/mol. The molecule has 1 saturated heterocycles. The van der Waals surface area contributed by atoms with Crippen molar-refractivity contribution in [2.24, 2.45) is 5.92 Å². The van der Waals surface area contributed by atoms with Crippen LogP contribution in [-0.4, -0.2) is 23.8 Å². The summed E-state index contributed by atoms with van der Waals surface area (Å²) < 4.78 is 25.2. The van der Waals surface area contributed by atoms with Gasteiger partial charge in [0.2, 0.25) is 0 Å². The number of aliphatic hydroxyl groups is 1. The van der Waals surface area contributed by atoms with E-state index in [1.807, 2.05) is 5.32 Å². The highest BCUT2D eigenvalue weighted by molar-refractivity contribution is 4.85. The number of hydrogen-bond acceptors (Lipinski definition) is 2. The zero-order valence-electron chi connectivity index (χ0n) is 5.77. The van der Waals surface area contributed by atoms with Crippen molar-refractivity contribution in [1.82, 2.24) is 5.32 Å². The van der Waals surface area contributed by atoms with Crippen molar-refractivity contribution in [2.45, 2.75) is 25.5 Å². The van der Waals surface area contributed by atoms with E-state index in [-0.39, 0.29) is 0 Å². The molecule has 1 fully saturated rings. The number of halogens is 2. The van der Waals surface area contributed by atoms with E-state index in [9.17, 15) is 8.78 Å². The highest BCUT2D eigenvalue weighted by atomic mass is 19.3. The van der Waals surface area contributed by atoms with Crippen LogP contribution in [0, 0.1) is 5.92 Å². The molecule has 0 spiro atoms. The molecule has 0 aromatic carbocycles. The van der Waals surface area contributed by atoms with Gasteiger partial charge in [-0.05, 0) is 13.3 Å². The van der Waals surface area contributed by atoms with Crippen molar-refractivity contribution in [2.75, 3.05) is 6.54 Å². The highest BCUT2D eigenvalue weighted by Gasteiger charge is 2.45. The van der Waals surface area contributed by atoms with Crippen LogP contribution in [0.2, 0.25) is 0 Å². The van der Waals surface area contributed by atoms with Gasteiger partial charge in [-0.3, -0.25) is 5.32 Å². The largest absolute Gasteiger partial charge is 0.393 e. The van der Waals surface area contributed by atoms with Crippen LogP contribution in [0.5, 0.6) is 0 Å². The summed E-state index contributed by atoms with van der Waals surface area (Å²) in [5, 5.41) is 10.9. The van der Waals surface area contributed by atoms with E-state index in [0.717, 1.165) is 0 Å². The molecule has 4 heteroatoms. The number of hydrogen-bond donors (Lipinski definition) is 2. The fraction of sp³-hybridized carbons (Fsp3) is 1.00. The van der Waals surface area contributed by atoms with Gasteiger partial charge in [-0.2, -0.15) is 8.78 Å². The van der Waals surface area contributed by atoms with Gasteiger partial charge in [0.25, 0.3) is 0 Å². The molecular formula is C6H11F2NO. The van der Waals surface area contributed by atoms with E-state index in [2.05, 4.69) is 0 Å². The Bertz CT molecular complexity index is 127. The molecule has 2 N–H and O–H groups in total. The Labute approximate surface area is 58.2 Å². The molecule has 0 aromatic heterocycles. The van der Waals surface area contributed by atoms with E-state index in [1.54, 1.807) is 0 Å². The lowest BCUT2D eigenvalue weighted by Crippen LogP contribution is -2.39. The summed E-state index contributed by atoms with van der Waals surface area (Å²) in [5.41, 5.74) is 0. The second kappa shape index (κ2) is 2.43. The van der Waals surface area contributed by atoms with Gasteiger partial charge in [0.15, 0.2) is 0 Å². The minimum atomic E-state index is -2.87. The van der Waals surface area contributed by atoms with Crippen molar-refractivity contribution in [1.29, 1.82) is 0 Å². The summed E-state index contributed by atoms with van der Waals surface area (Å²) in [5.74, 6) is -0.910. The molecule has 0 aromatic rings. The molecule has 0 radical (unpaired) electrons. The molecule has 0 bridgehead atoms. The summed E-state index contributed by atoms with van der Waals surface area (Å²) in [6.45, 7) is 1.69. The predicted octanol–water partition coefficient (Wildman–Crippen LogP) is 0.570. The van der Waals surface area contributed by atoms with Crippen LogP contribution >= 0.6 is 0 Å². The maximum atomic E-state index is 12.6. The molecule has 10 heavy (non-hydrogen) atoms. The smallest absolute Gasteiger partial charge is 0.307 e. The minimum absolute atomic E-state index is 0.294. The van der Waals surface area contributed by atoms with Gasteiger partial charge in [0.1, 0.15) is 0 Å². The molecule has 2 atom stereocenters. The van der Waals surface area contributed by atoms with Gasteiger partial charge < -0.3 is 5.11 Å². The normalized spacial score (nSPS) is 34.2. The van der Waals surface area contributed by atoms with Crippen LogP contribution in [0.1, 0.15) is 13.3 Å². The van der Waals surface area contributed by atoms with Crippen LogP contribution < -0.4 is 5.32 Å². The van der Waals surface area contributed by atoms with Crippen LogP contribution in [0.25, 0.3) is 0 Å². The second-order valence-corrected chi connectivity index (χ2v) is 2.69. The first-order chi connectivity index (χ1) is 4.54. The third kappa shape index (κ3) is 1.27. The first kappa shape index (κ1) is 7.88. The quantitative estimate of drug-likeness (QED) is 0.537. The number of aliphatic hydroxyl groups excluding tert-OH is 1. The fourth-order valence-corrected chi connectivity index (χ4v) is 1.25. The highest BCUT2D eigenvalue weighted by Crippen LogP contribution is 2.31. The van der Waals surface area contributed by atoms with Gasteiger partial charge in [-0.25, -0.2) is 0 Å². The first-order valence-electron chi connectivity index (χ1n) is 3.35. The van der Waals surface area contributed by atoms with Crippen LogP contribution in [0.3, 0.4) is 0 Å². The van der Waals surface area contributed by atoms with Crippen LogP contribution in [0.15, 0.2) is 0 Å². The molecule has 0 aliphatic carbocycles. The van der Waals surface area contributed by atoms with E-state index in [0.29, 0.717) is 13.0 Å². The zero-order valence-corrected chi connectivity index (χ0v) is 5.77. The first-order valence-corrected chi connectivity index (χ1v) is 3.35. The Hall–Kier alpha value is -0.220. The Kier molecular flexibility index (Phi) is 1.92. The fourth-order valence-electron chi connectivity index (χ4n) is 1.25. The van der Waals surface area contributed by atoms with Gasteiger partial charge in [-0.15, -0.1) is 0 Å². The Morgan fingerprint density at radius 3 is 2.50 bits per heavy atom. The maximum absolute atomic E-state index is 12.6. The van der Waals surface area contributed by atoms with Crippen LogP contribution in [0.4, 0.5) is 8.78 Å². The van der Waals surface area contributed by atoms with Crippen molar-refractivity contribution in [3.8, 4) is 0 Å². The third-order valence-electron chi connectivity index (χ3n) is 1.86. The number of alkyl halides is 2. The van der Waals surface area contributed by atoms with Crippen molar-refractivity contribution in [3.05, 3.63) is 0 Å². The average Bonchev–Trinajstić information content (AvgIpc) is 2.08. The monoisotopic (exact) mass is 151 g/mol. The third-order valence-corrected chi connectivity index (χ3v) is 1.86. The molecule has 60 valence electrons. The van der Waals surface area contributed by atoms with E-state index in [1.165, 1.54) is 6.92 Å². The van der Waals surface area contributed by atoms with Crippen molar-refractivity contribution >= 4 is 0 Å². The molecule has 0 saturated carbocycles. The van der Waals surface area contributed by atoms with E-state index >= 15 is 0 Å². The Morgan fingerprint density at radius 2 is 2.30 bits per heavy atom. The van der Waals surface area contributed by atoms with E-state index < -0.39 is 18.1 Å². The number of rotatable bonds is 1. The van der Waals surface area contributed by atoms with Crippen molar-refractivity contribution < 1.29 is 13.9 Å². The van der Waals surface area contributed by atoms with Gasteiger partial charge in [0, 0.05) is 6.54 Å². The van der Waals surface area contributed by atoms with Crippen LogP contribution in [-0.2, 0) is 0 Å². The topological polar surface area (TPSA) is 32.3 Å². The van der Waals surface area contributed by atoms with Gasteiger partial charge in [0.05, 0.1) is 12.0 Å². The SMILES string of the molecule is CC(O)C1CCNC1(F)F. The molecule has 2 unspecified atom stereocenters. The number of nitrogens with one attached hydrogen (secondary N) is 1. The lowest BCUT2D eigenvalue weighted by Gasteiger charge is -2.20. The summed E-state index contributed by atoms with van der Waals surface area (Å²) in [7, 11) is 0. The molecule has 1 aliphatic heterocycles. The zero-order chi connectivity index (χ0) is 7.78. The molecule has 1 heterocycles. The summed E-state index contributed by atoms with van der Waals surface area (Å²) in [6, 6.07) is -2.87. The molecular weight excluding hydrogens is 140 g/mol. The Balaban J connectivity index is 2.59. The summed E-state index contributed by atoms with van der Waals surface area (Å²) >= 11 is 0. The lowest BCUT2D eigenvalue weighted by molar-refractivity contribution is -0.0943. The van der Waals surface area contributed by atoms with E-state index in [4.69, 9.17) is 5.11 Å². The van der Waals surface area contributed by atoms with Gasteiger partial charge in [-0.1, -0.05) is 0 Å². The molecule has 1 aliphatic rings.